The Bertz CT molecular complexity index is 383. The molecule has 2 heterocycles. The second kappa shape index (κ2) is 2.31. The third kappa shape index (κ3) is 1.11. The fraction of sp³-hybridized carbons (Fsp3) is 0.400. The lowest BCUT2D eigenvalue weighted by molar-refractivity contribution is 0.00832. The van der Waals surface area contributed by atoms with Crippen LogP contribution in [0.3, 0.4) is 0 Å². The molecule has 0 saturated carbocycles. The van der Waals surface area contributed by atoms with Gasteiger partial charge in [-0.2, -0.15) is 0 Å². The molecule has 0 N–H and O–H groups in total. The van der Waals surface area contributed by atoms with Gasteiger partial charge in [0.05, 0.1) is 11.3 Å². The van der Waals surface area contributed by atoms with Crippen LogP contribution < -0.4 is 0 Å². The number of esters is 1. The number of fused-ring (bicyclic) bond motifs is 1. The van der Waals surface area contributed by atoms with Crippen molar-refractivity contribution in [3.63, 3.8) is 0 Å². The van der Waals surface area contributed by atoms with Crippen molar-refractivity contribution in [2.45, 2.75) is 26.4 Å². The highest BCUT2D eigenvalue weighted by Crippen LogP contribution is 2.33. The van der Waals surface area contributed by atoms with E-state index >= 15 is 0 Å². The predicted octanol–water partition coefficient (Wildman–Crippen LogP) is 1.80. The maximum atomic E-state index is 11.4. The number of aromatic nitrogens is 1. The Morgan fingerprint density at radius 2 is 2.15 bits per heavy atom. The fourth-order valence-electron chi connectivity index (χ4n) is 1.54. The van der Waals surface area contributed by atoms with Crippen molar-refractivity contribution in [1.82, 2.24) is 4.98 Å². The minimum atomic E-state index is -0.569. The van der Waals surface area contributed by atoms with E-state index in [1.807, 2.05) is 26.8 Å². The molecule has 0 unspecified atom stereocenters. The minimum absolute atomic E-state index is 0.267. The molecule has 0 amide bonds. The molecule has 13 heavy (non-hydrogen) atoms. The Balaban J connectivity index is 2.66. The number of hydrogen-bond donors (Lipinski definition) is 0. The van der Waals surface area contributed by atoms with Crippen LogP contribution in [0.25, 0.3) is 0 Å². The highest BCUT2D eigenvalue weighted by Gasteiger charge is 2.39. The molecular formula is C10H11NO2. The third-order valence-electron chi connectivity index (χ3n) is 2.16. The van der Waals surface area contributed by atoms with Crippen molar-refractivity contribution in [3.8, 4) is 0 Å². The molecule has 3 nitrogen and oxygen atoms in total. The van der Waals surface area contributed by atoms with Crippen LogP contribution in [-0.2, 0) is 10.3 Å². The molecule has 1 aromatic heterocycles. The first-order valence-corrected chi connectivity index (χ1v) is 4.21. The van der Waals surface area contributed by atoms with Crippen molar-refractivity contribution in [2.75, 3.05) is 0 Å². The quantitative estimate of drug-likeness (QED) is 0.567. The number of ether oxygens (including phenoxy) is 1. The Morgan fingerprint density at radius 1 is 1.46 bits per heavy atom. The lowest BCUT2D eigenvalue weighted by Gasteiger charge is -2.15. The van der Waals surface area contributed by atoms with Crippen LogP contribution in [-0.4, -0.2) is 11.0 Å². The van der Waals surface area contributed by atoms with E-state index in [0.29, 0.717) is 5.56 Å². The van der Waals surface area contributed by atoms with Crippen LogP contribution in [0.4, 0.5) is 0 Å². The number of carbonyl (C=O) groups is 1. The summed E-state index contributed by atoms with van der Waals surface area (Å²) in [7, 11) is 0. The van der Waals surface area contributed by atoms with Crippen molar-refractivity contribution in [1.29, 1.82) is 0 Å². The Morgan fingerprint density at radius 3 is 2.85 bits per heavy atom. The molecular weight excluding hydrogens is 166 g/mol. The maximum absolute atomic E-state index is 11.4. The van der Waals surface area contributed by atoms with Gasteiger partial charge < -0.3 is 4.74 Å². The molecule has 2 rings (SSSR count). The van der Waals surface area contributed by atoms with Gasteiger partial charge in [-0.15, -0.1) is 0 Å². The SMILES string of the molecule is Cc1cnc2c(c1)C(=O)OC2(C)C. The van der Waals surface area contributed by atoms with Gasteiger partial charge in [-0.05, 0) is 32.4 Å². The van der Waals surface area contributed by atoms with E-state index in [9.17, 15) is 4.79 Å². The van der Waals surface area contributed by atoms with Crippen LogP contribution in [0.15, 0.2) is 12.3 Å². The third-order valence-corrected chi connectivity index (χ3v) is 2.16. The number of cyclic esters (lactones) is 1. The Labute approximate surface area is 76.7 Å². The number of aryl methyl sites for hydroxylation is 1. The van der Waals surface area contributed by atoms with E-state index in [4.69, 9.17) is 4.74 Å². The fourth-order valence-corrected chi connectivity index (χ4v) is 1.54. The molecule has 0 saturated heterocycles. The number of nitrogens with zero attached hydrogens (tertiary/aromatic N) is 1. The first-order chi connectivity index (χ1) is 6.00. The van der Waals surface area contributed by atoms with Gasteiger partial charge >= 0.3 is 5.97 Å². The summed E-state index contributed by atoms with van der Waals surface area (Å²) in [5, 5.41) is 0. The van der Waals surface area contributed by atoms with Gasteiger partial charge in [-0.25, -0.2) is 4.79 Å². The van der Waals surface area contributed by atoms with Crippen molar-refractivity contribution >= 4 is 5.97 Å². The average Bonchev–Trinajstić information content (AvgIpc) is 2.22. The second-order valence-corrected chi connectivity index (χ2v) is 3.81. The Hall–Kier alpha value is -1.38. The summed E-state index contributed by atoms with van der Waals surface area (Å²) in [6.45, 7) is 5.60. The summed E-state index contributed by atoms with van der Waals surface area (Å²) in [5.74, 6) is -0.267. The van der Waals surface area contributed by atoms with E-state index in [1.165, 1.54) is 0 Å². The van der Waals surface area contributed by atoms with Crippen LogP contribution >= 0.6 is 0 Å². The molecule has 0 bridgehead atoms. The summed E-state index contributed by atoms with van der Waals surface area (Å²) in [6.07, 6.45) is 1.75. The molecule has 1 aliphatic rings. The summed E-state index contributed by atoms with van der Waals surface area (Å²) < 4.78 is 5.17. The van der Waals surface area contributed by atoms with E-state index in [2.05, 4.69) is 4.98 Å². The lowest BCUT2D eigenvalue weighted by atomic mass is 10.0. The van der Waals surface area contributed by atoms with Gasteiger partial charge in [0, 0.05) is 6.20 Å². The minimum Gasteiger partial charge on any atom is -0.449 e. The summed E-state index contributed by atoms with van der Waals surface area (Å²) in [5.41, 5.74) is 1.75. The normalized spacial score (nSPS) is 18.2. The number of pyridine rings is 1. The van der Waals surface area contributed by atoms with Gasteiger partial charge in [0.1, 0.15) is 5.60 Å². The Kier molecular flexibility index (Phi) is 1.46. The van der Waals surface area contributed by atoms with E-state index in [0.717, 1.165) is 11.3 Å². The molecule has 0 aliphatic carbocycles. The number of hydrogen-bond acceptors (Lipinski definition) is 3. The predicted molar refractivity (Wildman–Crippen MR) is 47.4 cm³/mol. The molecule has 1 aliphatic heterocycles. The highest BCUT2D eigenvalue weighted by molar-refractivity contribution is 5.94. The summed E-state index contributed by atoms with van der Waals surface area (Å²) in [6, 6.07) is 1.82. The van der Waals surface area contributed by atoms with Gasteiger partial charge in [0.25, 0.3) is 0 Å². The van der Waals surface area contributed by atoms with Crippen molar-refractivity contribution < 1.29 is 9.53 Å². The molecule has 0 atom stereocenters. The first-order valence-electron chi connectivity index (χ1n) is 4.21. The molecule has 1 aromatic rings. The van der Waals surface area contributed by atoms with Gasteiger partial charge in [0.15, 0.2) is 0 Å². The largest absolute Gasteiger partial charge is 0.449 e. The summed E-state index contributed by atoms with van der Waals surface area (Å²) >= 11 is 0. The molecule has 0 fully saturated rings. The molecule has 0 radical (unpaired) electrons. The standard InChI is InChI=1S/C10H11NO2/c1-6-4-7-8(11-5-6)10(2,3)13-9(7)12/h4-5H,1-3H3. The van der Waals surface area contributed by atoms with Crippen LogP contribution in [0, 0.1) is 6.92 Å². The molecule has 0 spiro atoms. The smallest absolute Gasteiger partial charge is 0.341 e. The number of carbonyl (C=O) groups excluding carboxylic acids is 1. The molecule has 68 valence electrons. The second-order valence-electron chi connectivity index (χ2n) is 3.81. The number of rotatable bonds is 0. The molecule has 3 heteroatoms. The van der Waals surface area contributed by atoms with Gasteiger partial charge in [-0.3, -0.25) is 4.98 Å². The van der Waals surface area contributed by atoms with E-state index in [-0.39, 0.29) is 5.97 Å². The average molecular weight is 177 g/mol. The molecule has 0 aromatic carbocycles. The van der Waals surface area contributed by atoms with E-state index < -0.39 is 5.60 Å². The van der Waals surface area contributed by atoms with Crippen molar-refractivity contribution in [2.24, 2.45) is 0 Å². The van der Waals surface area contributed by atoms with E-state index in [1.54, 1.807) is 6.20 Å². The van der Waals surface area contributed by atoms with Crippen LogP contribution in [0.1, 0.15) is 35.5 Å². The zero-order valence-electron chi connectivity index (χ0n) is 7.92. The lowest BCUT2D eigenvalue weighted by Crippen LogP contribution is -2.17. The van der Waals surface area contributed by atoms with Gasteiger partial charge in [-0.1, -0.05) is 0 Å². The zero-order chi connectivity index (χ0) is 9.64. The van der Waals surface area contributed by atoms with Crippen molar-refractivity contribution in [3.05, 3.63) is 29.1 Å². The van der Waals surface area contributed by atoms with Crippen LogP contribution in [0.2, 0.25) is 0 Å². The first kappa shape index (κ1) is 8.23. The zero-order valence-corrected chi connectivity index (χ0v) is 7.92. The maximum Gasteiger partial charge on any atom is 0.341 e. The van der Waals surface area contributed by atoms with Crippen LogP contribution in [0.5, 0.6) is 0 Å². The topological polar surface area (TPSA) is 39.2 Å². The highest BCUT2D eigenvalue weighted by atomic mass is 16.6. The monoisotopic (exact) mass is 177 g/mol. The summed E-state index contributed by atoms with van der Waals surface area (Å²) in [4.78, 5) is 15.6. The van der Waals surface area contributed by atoms with Gasteiger partial charge in [0.2, 0.25) is 0 Å².